The molecule has 2 aromatic rings. The highest BCUT2D eigenvalue weighted by atomic mass is 79.9. The van der Waals surface area contributed by atoms with E-state index in [1.165, 1.54) is 16.7 Å². The molecule has 0 spiro atoms. The lowest BCUT2D eigenvalue weighted by molar-refractivity contribution is 0.574. The van der Waals surface area contributed by atoms with Crippen LogP contribution < -0.4 is 5.32 Å². The number of nitrogens with one attached hydrogen (secondary N) is 1. The summed E-state index contributed by atoms with van der Waals surface area (Å²) in [5.74, 6) is 0. The second-order valence-electron chi connectivity index (χ2n) is 4.64. The number of benzene rings is 2. The van der Waals surface area contributed by atoms with Crippen molar-refractivity contribution < 1.29 is 0 Å². The molecule has 1 nitrogen and oxygen atoms in total. The fraction of sp³-hybridized carbons (Fsp3) is 0.250. The average Bonchev–Trinajstić information content (AvgIpc) is 2.38. The Morgan fingerprint density at radius 1 is 1.11 bits per heavy atom. The van der Waals surface area contributed by atoms with Gasteiger partial charge >= 0.3 is 0 Å². The van der Waals surface area contributed by atoms with Crippen LogP contribution in [0.1, 0.15) is 29.7 Å². The summed E-state index contributed by atoms with van der Waals surface area (Å²) in [7, 11) is 0. The van der Waals surface area contributed by atoms with Crippen LogP contribution in [0.2, 0.25) is 0 Å². The maximum Gasteiger partial charge on any atom is 0.0295 e. The SMILES string of the molecule is Cc1cccc([C@H](C)NCc2ccc(Br)cc2)c1. The lowest BCUT2D eigenvalue weighted by Crippen LogP contribution is -2.18. The minimum atomic E-state index is 0.369. The van der Waals surface area contributed by atoms with Gasteiger partial charge in [-0.1, -0.05) is 57.9 Å². The molecule has 0 bridgehead atoms. The smallest absolute Gasteiger partial charge is 0.0295 e. The third-order valence-corrected chi connectivity index (χ3v) is 3.60. The Labute approximate surface area is 117 Å². The van der Waals surface area contributed by atoms with Gasteiger partial charge in [0.1, 0.15) is 0 Å². The molecule has 0 unspecified atom stereocenters. The molecular formula is C16H18BrN. The lowest BCUT2D eigenvalue weighted by atomic mass is 10.1. The first-order valence-electron chi connectivity index (χ1n) is 6.19. The van der Waals surface area contributed by atoms with Crippen LogP contribution in [0.5, 0.6) is 0 Å². The van der Waals surface area contributed by atoms with Gasteiger partial charge in [-0.3, -0.25) is 0 Å². The van der Waals surface area contributed by atoms with Gasteiger partial charge in [-0.2, -0.15) is 0 Å². The predicted octanol–water partition coefficient (Wildman–Crippen LogP) is 4.61. The standard InChI is InChI=1S/C16H18BrN/c1-12-4-3-5-15(10-12)13(2)18-11-14-6-8-16(17)9-7-14/h3-10,13,18H,11H2,1-2H3/t13-/m0/s1. The van der Waals surface area contributed by atoms with Crippen molar-refractivity contribution in [3.63, 3.8) is 0 Å². The van der Waals surface area contributed by atoms with Crippen molar-refractivity contribution in [3.05, 3.63) is 69.7 Å². The molecule has 0 aliphatic carbocycles. The van der Waals surface area contributed by atoms with E-state index in [1.807, 2.05) is 0 Å². The molecule has 0 radical (unpaired) electrons. The number of aryl methyl sites for hydroxylation is 1. The van der Waals surface area contributed by atoms with E-state index in [1.54, 1.807) is 0 Å². The van der Waals surface area contributed by atoms with Crippen LogP contribution in [0, 0.1) is 6.92 Å². The van der Waals surface area contributed by atoms with Gasteiger partial charge in [0.25, 0.3) is 0 Å². The average molecular weight is 304 g/mol. The minimum absolute atomic E-state index is 0.369. The maximum atomic E-state index is 3.55. The van der Waals surface area contributed by atoms with Crippen LogP contribution in [0.15, 0.2) is 53.0 Å². The van der Waals surface area contributed by atoms with Crippen molar-refractivity contribution in [2.45, 2.75) is 26.4 Å². The van der Waals surface area contributed by atoms with E-state index in [4.69, 9.17) is 0 Å². The molecule has 2 heteroatoms. The largest absolute Gasteiger partial charge is 0.306 e. The summed E-state index contributed by atoms with van der Waals surface area (Å²) in [6, 6.07) is 17.5. The van der Waals surface area contributed by atoms with E-state index in [-0.39, 0.29) is 0 Å². The molecule has 1 atom stereocenters. The second-order valence-corrected chi connectivity index (χ2v) is 5.56. The van der Waals surface area contributed by atoms with E-state index in [0.29, 0.717) is 6.04 Å². The monoisotopic (exact) mass is 303 g/mol. The quantitative estimate of drug-likeness (QED) is 0.870. The van der Waals surface area contributed by atoms with Crippen molar-refractivity contribution in [2.24, 2.45) is 0 Å². The Balaban J connectivity index is 1.96. The van der Waals surface area contributed by atoms with Crippen LogP contribution in [-0.4, -0.2) is 0 Å². The molecular weight excluding hydrogens is 286 g/mol. The van der Waals surface area contributed by atoms with Gasteiger partial charge in [0.15, 0.2) is 0 Å². The molecule has 1 N–H and O–H groups in total. The zero-order valence-corrected chi connectivity index (χ0v) is 12.4. The van der Waals surface area contributed by atoms with Crippen LogP contribution in [0.3, 0.4) is 0 Å². The van der Waals surface area contributed by atoms with Crippen LogP contribution in [0.4, 0.5) is 0 Å². The Bertz CT molecular complexity index is 505. The van der Waals surface area contributed by atoms with E-state index < -0.39 is 0 Å². The fourth-order valence-corrected chi connectivity index (χ4v) is 2.19. The highest BCUT2D eigenvalue weighted by Gasteiger charge is 2.04. The van der Waals surface area contributed by atoms with Crippen molar-refractivity contribution >= 4 is 15.9 Å². The molecule has 0 fully saturated rings. The minimum Gasteiger partial charge on any atom is -0.306 e. The van der Waals surface area contributed by atoms with Gasteiger partial charge in [-0.15, -0.1) is 0 Å². The molecule has 0 amide bonds. The van der Waals surface area contributed by atoms with E-state index in [9.17, 15) is 0 Å². The molecule has 18 heavy (non-hydrogen) atoms. The number of halogens is 1. The summed E-state index contributed by atoms with van der Waals surface area (Å²) >= 11 is 3.45. The molecule has 0 heterocycles. The van der Waals surface area contributed by atoms with Crippen LogP contribution in [-0.2, 0) is 6.54 Å². The fourth-order valence-electron chi connectivity index (χ4n) is 1.93. The van der Waals surface area contributed by atoms with Crippen LogP contribution in [0.25, 0.3) is 0 Å². The highest BCUT2D eigenvalue weighted by molar-refractivity contribution is 9.10. The van der Waals surface area contributed by atoms with Gasteiger partial charge in [0.05, 0.1) is 0 Å². The zero-order chi connectivity index (χ0) is 13.0. The van der Waals surface area contributed by atoms with Gasteiger partial charge in [0.2, 0.25) is 0 Å². The van der Waals surface area contributed by atoms with Crippen molar-refractivity contribution in [1.82, 2.24) is 5.32 Å². The third-order valence-electron chi connectivity index (χ3n) is 3.07. The first kappa shape index (κ1) is 13.3. The first-order valence-corrected chi connectivity index (χ1v) is 6.99. The molecule has 0 saturated carbocycles. The number of hydrogen-bond acceptors (Lipinski definition) is 1. The number of hydrogen-bond donors (Lipinski definition) is 1. The third kappa shape index (κ3) is 3.69. The Morgan fingerprint density at radius 3 is 2.50 bits per heavy atom. The van der Waals surface area contributed by atoms with E-state index in [2.05, 4.69) is 83.6 Å². The Hall–Kier alpha value is -1.12. The van der Waals surface area contributed by atoms with Gasteiger partial charge in [-0.05, 0) is 37.1 Å². The van der Waals surface area contributed by atoms with Gasteiger partial charge < -0.3 is 5.32 Å². The molecule has 2 rings (SSSR count). The molecule has 0 saturated heterocycles. The molecule has 0 aliphatic rings. The molecule has 2 aromatic carbocycles. The summed E-state index contributed by atoms with van der Waals surface area (Å²) in [6.45, 7) is 5.22. The Kier molecular flexibility index (Phi) is 4.56. The summed E-state index contributed by atoms with van der Waals surface area (Å²) in [5.41, 5.74) is 3.95. The highest BCUT2D eigenvalue weighted by Crippen LogP contribution is 2.15. The summed E-state index contributed by atoms with van der Waals surface area (Å²) in [6.07, 6.45) is 0. The van der Waals surface area contributed by atoms with E-state index >= 15 is 0 Å². The summed E-state index contributed by atoms with van der Waals surface area (Å²) in [5, 5.41) is 3.55. The zero-order valence-electron chi connectivity index (χ0n) is 10.8. The normalized spacial score (nSPS) is 12.4. The topological polar surface area (TPSA) is 12.0 Å². The van der Waals surface area contributed by atoms with Crippen molar-refractivity contribution in [1.29, 1.82) is 0 Å². The molecule has 0 aromatic heterocycles. The van der Waals surface area contributed by atoms with Crippen LogP contribution >= 0.6 is 15.9 Å². The second kappa shape index (κ2) is 6.17. The first-order chi connectivity index (χ1) is 8.65. The predicted molar refractivity (Wildman–Crippen MR) is 80.6 cm³/mol. The molecule has 0 aliphatic heterocycles. The lowest BCUT2D eigenvalue weighted by Gasteiger charge is -2.15. The molecule has 94 valence electrons. The number of rotatable bonds is 4. The summed E-state index contributed by atoms with van der Waals surface area (Å²) < 4.78 is 1.12. The maximum absolute atomic E-state index is 3.55. The van der Waals surface area contributed by atoms with Gasteiger partial charge in [-0.25, -0.2) is 0 Å². The van der Waals surface area contributed by atoms with Gasteiger partial charge in [0, 0.05) is 17.1 Å². The summed E-state index contributed by atoms with van der Waals surface area (Å²) in [4.78, 5) is 0. The van der Waals surface area contributed by atoms with Crippen molar-refractivity contribution in [3.8, 4) is 0 Å². The Morgan fingerprint density at radius 2 is 1.83 bits per heavy atom. The van der Waals surface area contributed by atoms with E-state index in [0.717, 1.165) is 11.0 Å². The van der Waals surface area contributed by atoms with Crippen molar-refractivity contribution in [2.75, 3.05) is 0 Å².